The fraction of sp³-hybridized carbons (Fsp3) is 0.667. The van der Waals surface area contributed by atoms with Crippen LogP contribution in [0.15, 0.2) is 23.3 Å². The average molecular weight is 476 g/mol. The van der Waals surface area contributed by atoms with Gasteiger partial charge in [-0.05, 0) is 44.5 Å². The third-order valence-electron chi connectivity index (χ3n) is 4.96. The number of pyridine rings is 1. The number of piperidine rings is 1. The molecule has 0 bridgehead atoms. The van der Waals surface area contributed by atoms with E-state index in [1.54, 1.807) is 19.3 Å². The van der Waals surface area contributed by atoms with E-state index in [1.807, 2.05) is 4.90 Å². The molecule has 0 aromatic carbocycles. The zero-order chi connectivity index (χ0) is 17.5. The summed E-state index contributed by atoms with van der Waals surface area (Å²) in [6.45, 7) is 5.90. The number of nitrogens with one attached hydrogen (secondary N) is 2. The lowest BCUT2D eigenvalue weighted by atomic mass is 10.1. The predicted octanol–water partition coefficient (Wildman–Crippen LogP) is 2.07. The first-order valence-corrected chi connectivity index (χ1v) is 9.31. The number of guanidine groups is 1. The Balaban J connectivity index is 0.00000243. The van der Waals surface area contributed by atoms with Gasteiger partial charge >= 0.3 is 0 Å². The van der Waals surface area contributed by atoms with Crippen LogP contribution in [-0.4, -0.2) is 68.2 Å². The maximum Gasteiger partial charge on any atom is 0.191 e. The lowest BCUT2D eigenvalue weighted by Gasteiger charge is -2.27. The Morgan fingerprint density at radius 2 is 2.12 bits per heavy atom. The van der Waals surface area contributed by atoms with Crippen LogP contribution in [0.5, 0.6) is 0 Å². The van der Waals surface area contributed by atoms with E-state index in [9.17, 15) is 4.39 Å². The maximum absolute atomic E-state index is 13.9. The standard InChI is InChI=1S/C18H29FN6.HI/c1-20-18(22-9-13-24-10-3-2-4-11-24)23-15-7-12-25(14-15)17-16(19)6-5-8-21-17;/h5-6,8,15H,2-4,7,9-14H2,1H3,(H2,20,22,23);1H. The molecular formula is C18H30FIN6. The average Bonchev–Trinajstić information content (AvgIpc) is 3.10. The summed E-state index contributed by atoms with van der Waals surface area (Å²) in [5.74, 6) is 1.01. The van der Waals surface area contributed by atoms with Crippen molar-refractivity contribution < 1.29 is 4.39 Å². The Labute approximate surface area is 172 Å². The van der Waals surface area contributed by atoms with Crippen molar-refractivity contribution >= 4 is 35.8 Å². The van der Waals surface area contributed by atoms with Gasteiger partial charge in [-0.15, -0.1) is 24.0 Å². The van der Waals surface area contributed by atoms with Gasteiger partial charge in [0.05, 0.1) is 0 Å². The molecule has 2 saturated heterocycles. The second kappa shape index (κ2) is 10.9. The van der Waals surface area contributed by atoms with Crippen molar-refractivity contribution in [2.45, 2.75) is 31.7 Å². The summed E-state index contributed by atoms with van der Waals surface area (Å²) >= 11 is 0. The third kappa shape index (κ3) is 5.94. The van der Waals surface area contributed by atoms with Crippen LogP contribution in [0.3, 0.4) is 0 Å². The summed E-state index contributed by atoms with van der Waals surface area (Å²) in [5.41, 5.74) is 0. The van der Waals surface area contributed by atoms with Crippen LogP contribution in [0.2, 0.25) is 0 Å². The number of hydrogen-bond acceptors (Lipinski definition) is 4. The molecule has 146 valence electrons. The number of likely N-dealkylation sites (tertiary alicyclic amines) is 1. The van der Waals surface area contributed by atoms with Crippen molar-refractivity contribution in [1.29, 1.82) is 0 Å². The molecule has 26 heavy (non-hydrogen) atoms. The molecule has 1 unspecified atom stereocenters. The number of halogens is 2. The SMILES string of the molecule is CN=C(NCCN1CCCCC1)NC1CCN(c2ncccc2F)C1.I. The molecule has 1 aromatic heterocycles. The van der Waals surface area contributed by atoms with Gasteiger partial charge in [0.1, 0.15) is 0 Å². The molecule has 0 saturated carbocycles. The van der Waals surface area contributed by atoms with Crippen LogP contribution in [0.1, 0.15) is 25.7 Å². The molecule has 8 heteroatoms. The second-order valence-corrected chi connectivity index (χ2v) is 6.79. The molecule has 1 aromatic rings. The Morgan fingerprint density at radius 3 is 2.85 bits per heavy atom. The van der Waals surface area contributed by atoms with Gasteiger partial charge in [-0.25, -0.2) is 9.37 Å². The summed E-state index contributed by atoms with van der Waals surface area (Å²) in [5, 5.41) is 6.85. The lowest BCUT2D eigenvalue weighted by Crippen LogP contribution is -2.47. The van der Waals surface area contributed by atoms with Gasteiger partial charge in [0.25, 0.3) is 0 Å². The molecule has 0 amide bonds. The topological polar surface area (TPSA) is 55.8 Å². The van der Waals surface area contributed by atoms with E-state index < -0.39 is 0 Å². The third-order valence-corrected chi connectivity index (χ3v) is 4.96. The van der Waals surface area contributed by atoms with Crippen LogP contribution >= 0.6 is 24.0 Å². The second-order valence-electron chi connectivity index (χ2n) is 6.79. The first-order chi connectivity index (χ1) is 12.3. The van der Waals surface area contributed by atoms with Crippen LogP contribution < -0.4 is 15.5 Å². The Bertz CT molecular complexity index is 579. The minimum atomic E-state index is -0.257. The summed E-state index contributed by atoms with van der Waals surface area (Å²) < 4.78 is 13.9. The molecular weight excluding hydrogens is 446 g/mol. The molecule has 3 rings (SSSR count). The minimum Gasteiger partial charge on any atom is -0.355 e. The quantitative estimate of drug-likeness (QED) is 0.387. The van der Waals surface area contributed by atoms with Crippen LogP contribution in [0, 0.1) is 5.82 Å². The number of nitrogens with zero attached hydrogens (tertiary/aromatic N) is 4. The van der Waals surface area contributed by atoms with Gasteiger partial charge in [0.2, 0.25) is 0 Å². The number of hydrogen-bond donors (Lipinski definition) is 2. The van der Waals surface area contributed by atoms with Crippen LogP contribution in [0.25, 0.3) is 0 Å². The van der Waals surface area contributed by atoms with E-state index in [0.717, 1.165) is 38.6 Å². The highest BCUT2D eigenvalue weighted by Gasteiger charge is 2.25. The van der Waals surface area contributed by atoms with Crippen molar-refractivity contribution in [2.24, 2.45) is 4.99 Å². The molecule has 6 nitrogen and oxygen atoms in total. The van der Waals surface area contributed by atoms with E-state index in [4.69, 9.17) is 0 Å². The number of aliphatic imine (C=N–C) groups is 1. The van der Waals surface area contributed by atoms with Gasteiger partial charge in [0.15, 0.2) is 17.6 Å². The smallest absolute Gasteiger partial charge is 0.191 e. The molecule has 1 atom stereocenters. The first kappa shape index (κ1) is 21.1. The monoisotopic (exact) mass is 476 g/mol. The minimum absolute atomic E-state index is 0. The Kier molecular flexibility index (Phi) is 8.83. The van der Waals surface area contributed by atoms with Gasteiger partial charge in [0, 0.05) is 45.5 Å². The Hall–Kier alpha value is -1.16. The number of anilines is 1. The van der Waals surface area contributed by atoms with E-state index >= 15 is 0 Å². The normalized spacial score (nSPS) is 21.4. The lowest BCUT2D eigenvalue weighted by molar-refractivity contribution is 0.232. The van der Waals surface area contributed by atoms with Crippen molar-refractivity contribution in [3.63, 3.8) is 0 Å². The van der Waals surface area contributed by atoms with Crippen molar-refractivity contribution in [3.05, 3.63) is 24.1 Å². The van der Waals surface area contributed by atoms with Gasteiger partial charge in [-0.2, -0.15) is 0 Å². The zero-order valence-corrected chi connectivity index (χ0v) is 17.8. The molecule has 2 fully saturated rings. The molecule has 2 N–H and O–H groups in total. The number of aromatic nitrogens is 1. The predicted molar refractivity (Wildman–Crippen MR) is 115 cm³/mol. The van der Waals surface area contributed by atoms with Crippen molar-refractivity contribution in [1.82, 2.24) is 20.5 Å². The maximum atomic E-state index is 13.9. The van der Waals surface area contributed by atoms with Crippen LogP contribution in [-0.2, 0) is 0 Å². The van der Waals surface area contributed by atoms with Crippen molar-refractivity contribution in [2.75, 3.05) is 51.2 Å². The van der Waals surface area contributed by atoms with Gasteiger partial charge in [-0.3, -0.25) is 4.99 Å². The van der Waals surface area contributed by atoms with Crippen LogP contribution in [0.4, 0.5) is 10.2 Å². The largest absolute Gasteiger partial charge is 0.355 e. The van der Waals surface area contributed by atoms with Crippen molar-refractivity contribution in [3.8, 4) is 0 Å². The van der Waals surface area contributed by atoms with Gasteiger partial charge in [-0.1, -0.05) is 6.42 Å². The summed E-state index contributed by atoms with van der Waals surface area (Å²) in [7, 11) is 1.79. The summed E-state index contributed by atoms with van der Waals surface area (Å²) in [4.78, 5) is 13.0. The molecule has 0 radical (unpaired) electrons. The molecule has 3 heterocycles. The van der Waals surface area contributed by atoms with Gasteiger partial charge < -0.3 is 20.4 Å². The van der Waals surface area contributed by atoms with E-state index in [0.29, 0.717) is 5.82 Å². The van der Waals surface area contributed by atoms with E-state index in [2.05, 4.69) is 25.5 Å². The fourth-order valence-electron chi connectivity index (χ4n) is 3.58. The molecule has 0 spiro atoms. The van der Waals surface area contributed by atoms with E-state index in [-0.39, 0.29) is 35.8 Å². The number of rotatable bonds is 5. The molecule has 2 aliphatic heterocycles. The fourth-order valence-corrected chi connectivity index (χ4v) is 3.58. The molecule has 0 aliphatic carbocycles. The highest BCUT2D eigenvalue weighted by atomic mass is 127. The first-order valence-electron chi connectivity index (χ1n) is 9.31. The van der Waals surface area contributed by atoms with E-state index in [1.165, 1.54) is 38.4 Å². The molecule has 2 aliphatic rings. The zero-order valence-electron chi connectivity index (χ0n) is 15.5. The highest BCUT2D eigenvalue weighted by Crippen LogP contribution is 2.20. The summed E-state index contributed by atoms with van der Waals surface area (Å²) in [6, 6.07) is 3.34. The highest BCUT2D eigenvalue weighted by molar-refractivity contribution is 14.0. The summed E-state index contributed by atoms with van der Waals surface area (Å²) in [6.07, 6.45) is 6.58. The Morgan fingerprint density at radius 1 is 1.31 bits per heavy atom.